The second-order valence-corrected chi connectivity index (χ2v) is 7.63. The van der Waals surface area contributed by atoms with E-state index in [1.54, 1.807) is 0 Å². The Labute approximate surface area is 121 Å². The molecule has 0 bridgehead atoms. The molecule has 0 heterocycles. The number of carboxylic acid groups (broad SMARTS) is 1. The van der Waals surface area contributed by atoms with Gasteiger partial charge in [-0.3, -0.25) is 4.79 Å². The quantitative estimate of drug-likeness (QED) is 0.856. The lowest BCUT2D eigenvalue weighted by atomic mass is 10.1. The molecule has 20 heavy (non-hydrogen) atoms. The second-order valence-electron chi connectivity index (χ2n) is 4.94. The maximum absolute atomic E-state index is 11.9. The average Bonchev–Trinajstić information content (AvgIpc) is 2.49. The van der Waals surface area contributed by atoms with Crippen molar-refractivity contribution in [2.24, 2.45) is 0 Å². The Morgan fingerprint density at radius 2 is 1.40 bits per heavy atom. The van der Waals surface area contributed by atoms with Crippen molar-refractivity contribution < 1.29 is 9.90 Å². The summed E-state index contributed by atoms with van der Waals surface area (Å²) in [5, 5.41) is 11.2. The fourth-order valence-electron chi connectivity index (χ4n) is 2.28. The third-order valence-electron chi connectivity index (χ3n) is 3.67. The molecule has 104 valence electrons. The molecule has 0 aliphatic heterocycles. The Balaban J connectivity index is 2.59. The monoisotopic (exact) mass is 286 g/mol. The number of carboxylic acids is 1. The highest BCUT2D eigenvalue weighted by atomic mass is 31.1. The van der Waals surface area contributed by atoms with E-state index in [-0.39, 0.29) is 0 Å². The number of carbonyl (C=O) groups is 1. The summed E-state index contributed by atoms with van der Waals surface area (Å²) in [6.07, 6.45) is 0.609. The van der Waals surface area contributed by atoms with Crippen molar-refractivity contribution in [2.45, 2.75) is 25.4 Å². The van der Waals surface area contributed by atoms with Crippen molar-refractivity contribution >= 4 is 24.5 Å². The van der Waals surface area contributed by atoms with Crippen molar-refractivity contribution in [3.05, 3.63) is 60.7 Å². The number of hydrogen-bond donors (Lipinski definition) is 1. The van der Waals surface area contributed by atoms with Crippen LogP contribution in [0.15, 0.2) is 60.7 Å². The van der Waals surface area contributed by atoms with Crippen LogP contribution in [0.3, 0.4) is 0 Å². The lowest BCUT2D eigenvalue weighted by molar-refractivity contribution is -0.139. The SMILES string of the molecule is CCC(C)(C(=O)O)P(c1ccccc1)c1ccccc1. The normalized spacial score (nSPS) is 13.9. The van der Waals surface area contributed by atoms with Crippen molar-refractivity contribution in [2.75, 3.05) is 0 Å². The zero-order valence-electron chi connectivity index (χ0n) is 11.8. The molecule has 2 rings (SSSR count). The zero-order chi connectivity index (χ0) is 14.6. The Morgan fingerprint density at radius 3 is 1.70 bits per heavy atom. The van der Waals surface area contributed by atoms with E-state index in [1.165, 1.54) is 0 Å². The van der Waals surface area contributed by atoms with Crippen LogP contribution in [0.2, 0.25) is 0 Å². The average molecular weight is 286 g/mol. The van der Waals surface area contributed by atoms with Crippen LogP contribution in [-0.4, -0.2) is 16.2 Å². The van der Waals surface area contributed by atoms with E-state index in [1.807, 2.05) is 74.5 Å². The molecule has 0 aliphatic rings. The van der Waals surface area contributed by atoms with E-state index >= 15 is 0 Å². The van der Waals surface area contributed by atoms with Crippen LogP contribution in [0, 0.1) is 0 Å². The summed E-state index contributed by atoms with van der Waals surface area (Å²) >= 11 is 0. The first kappa shape index (κ1) is 14.7. The Hall–Kier alpha value is -1.66. The van der Waals surface area contributed by atoms with Crippen LogP contribution in [0.1, 0.15) is 20.3 Å². The van der Waals surface area contributed by atoms with Gasteiger partial charge in [-0.25, -0.2) is 0 Å². The van der Waals surface area contributed by atoms with Gasteiger partial charge >= 0.3 is 5.97 Å². The van der Waals surface area contributed by atoms with E-state index in [4.69, 9.17) is 0 Å². The molecule has 2 nitrogen and oxygen atoms in total. The van der Waals surface area contributed by atoms with Gasteiger partial charge < -0.3 is 5.11 Å². The van der Waals surface area contributed by atoms with Gasteiger partial charge in [0.15, 0.2) is 0 Å². The highest BCUT2D eigenvalue weighted by Crippen LogP contribution is 2.49. The van der Waals surface area contributed by atoms with Gasteiger partial charge in [0.2, 0.25) is 0 Å². The van der Waals surface area contributed by atoms with Gasteiger partial charge in [-0.2, -0.15) is 0 Å². The lowest BCUT2D eigenvalue weighted by Crippen LogP contribution is -2.39. The van der Waals surface area contributed by atoms with Gasteiger partial charge in [-0.15, -0.1) is 0 Å². The third-order valence-corrected chi connectivity index (χ3v) is 6.80. The first-order valence-corrected chi connectivity index (χ1v) is 8.07. The minimum Gasteiger partial charge on any atom is -0.481 e. The fourth-order valence-corrected chi connectivity index (χ4v) is 5.16. The molecule has 1 unspecified atom stereocenters. The van der Waals surface area contributed by atoms with Crippen LogP contribution < -0.4 is 10.6 Å². The summed E-state index contributed by atoms with van der Waals surface area (Å²) in [5.41, 5.74) is 0. The number of hydrogen-bond acceptors (Lipinski definition) is 1. The summed E-state index contributed by atoms with van der Waals surface area (Å²) in [4.78, 5) is 11.9. The van der Waals surface area contributed by atoms with Crippen LogP contribution >= 0.6 is 7.92 Å². The van der Waals surface area contributed by atoms with Crippen molar-refractivity contribution in [3.8, 4) is 0 Å². The van der Waals surface area contributed by atoms with Gasteiger partial charge in [0.05, 0.1) is 5.16 Å². The smallest absolute Gasteiger partial charge is 0.314 e. The van der Waals surface area contributed by atoms with Gasteiger partial charge in [0.25, 0.3) is 0 Å². The summed E-state index contributed by atoms with van der Waals surface area (Å²) < 4.78 is 0. The van der Waals surface area contributed by atoms with E-state index in [0.29, 0.717) is 6.42 Å². The first-order chi connectivity index (χ1) is 9.59. The summed E-state index contributed by atoms with van der Waals surface area (Å²) in [6, 6.07) is 20.0. The largest absolute Gasteiger partial charge is 0.481 e. The zero-order valence-corrected chi connectivity index (χ0v) is 12.7. The Bertz CT molecular complexity index is 529. The van der Waals surface area contributed by atoms with Crippen molar-refractivity contribution in [3.63, 3.8) is 0 Å². The molecule has 0 fully saturated rings. The van der Waals surface area contributed by atoms with Crippen LogP contribution in [0.25, 0.3) is 0 Å². The highest BCUT2D eigenvalue weighted by molar-refractivity contribution is 7.75. The molecule has 0 saturated heterocycles. The second kappa shape index (κ2) is 6.19. The number of rotatable bonds is 5. The van der Waals surface area contributed by atoms with Gasteiger partial charge in [-0.1, -0.05) is 67.6 Å². The molecule has 2 aromatic rings. The molecule has 0 aromatic heterocycles. The molecule has 0 amide bonds. The molecule has 0 radical (unpaired) electrons. The standard InChI is InChI=1S/C17H19O2P/c1-3-17(2,16(18)19)20(14-10-6-4-7-11-14)15-12-8-5-9-13-15/h4-13H,3H2,1-2H3,(H,18,19). The molecule has 1 atom stereocenters. The Kier molecular flexibility index (Phi) is 4.57. The molecule has 2 aromatic carbocycles. The molecule has 3 heteroatoms. The van der Waals surface area contributed by atoms with Crippen LogP contribution in [0.5, 0.6) is 0 Å². The minimum absolute atomic E-state index is 0.609. The van der Waals surface area contributed by atoms with Gasteiger partial charge in [-0.05, 0) is 31.9 Å². The van der Waals surface area contributed by atoms with Crippen LogP contribution in [-0.2, 0) is 4.79 Å². The number of aliphatic carboxylic acids is 1. The number of benzene rings is 2. The molecule has 1 N–H and O–H groups in total. The van der Waals surface area contributed by atoms with Crippen molar-refractivity contribution in [1.29, 1.82) is 0 Å². The first-order valence-electron chi connectivity index (χ1n) is 6.73. The molecule has 0 spiro atoms. The lowest BCUT2D eigenvalue weighted by Gasteiger charge is -2.34. The van der Waals surface area contributed by atoms with Crippen molar-refractivity contribution in [1.82, 2.24) is 0 Å². The van der Waals surface area contributed by atoms with E-state index in [9.17, 15) is 9.90 Å². The summed E-state index contributed by atoms with van der Waals surface area (Å²) in [7, 11) is -0.935. The maximum Gasteiger partial charge on any atom is 0.314 e. The Morgan fingerprint density at radius 1 is 1.00 bits per heavy atom. The third kappa shape index (κ3) is 2.76. The van der Waals surface area contributed by atoms with Gasteiger partial charge in [0, 0.05) is 0 Å². The summed E-state index contributed by atoms with van der Waals surface area (Å²) in [6.45, 7) is 3.82. The topological polar surface area (TPSA) is 37.3 Å². The maximum atomic E-state index is 11.9. The molecule has 0 saturated carbocycles. The molecular formula is C17H19O2P. The minimum atomic E-state index is -0.935. The molecular weight excluding hydrogens is 267 g/mol. The van der Waals surface area contributed by atoms with Crippen LogP contribution in [0.4, 0.5) is 0 Å². The highest BCUT2D eigenvalue weighted by Gasteiger charge is 2.41. The van der Waals surface area contributed by atoms with E-state index in [2.05, 4.69) is 0 Å². The van der Waals surface area contributed by atoms with E-state index in [0.717, 1.165) is 10.6 Å². The summed E-state index contributed by atoms with van der Waals surface area (Å²) in [5.74, 6) is -0.723. The predicted molar refractivity (Wildman–Crippen MR) is 85.4 cm³/mol. The predicted octanol–water partition coefficient (Wildman–Crippen LogP) is 3.37. The van der Waals surface area contributed by atoms with Gasteiger partial charge in [0.1, 0.15) is 0 Å². The molecule has 0 aliphatic carbocycles. The fraction of sp³-hybridized carbons (Fsp3) is 0.235. The van der Waals surface area contributed by atoms with E-state index < -0.39 is 19.0 Å².